The zero-order chi connectivity index (χ0) is 16.4. The summed E-state index contributed by atoms with van der Waals surface area (Å²) in [4.78, 5) is 8.64. The molecule has 22 heavy (non-hydrogen) atoms. The van der Waals surface area contributed by atoms with Crippen molar-refractivity contribution in [3.8, 4) is 11.4 Å². The molecule has 0 aliphatic carbocycles. The minimum atomic E-state index is 0.248. The normalized spacial score (nSPS) is 13.9. The molecule has 2 aromatic rings. The van der Waals surface area contributed by atoms with Crippen LogP contribution in [0, 0.1) is 10.8 Å². The van der Waals surface area contributed by atoms with Crippen molar-refractivity contribution in [2.45, 2.75) is 53.9 Å². The van der Waals surface area contributed by atoms with Crippen molar-refractivity contribution in [3.63, 3.8) is 0 Å². The van der Waals surface area contributed by atoms with Gasteiger partial charge in [0.05, 0.1) is 0 Å². The summed E-state index contributed by atoms with van der Waals surface area (Å²) in [6, 6.07) is 10.6. The molecule has 0 radical (unpaired) electrons. The molecule has 0 fully saturated rings. The van der Waals surface area contributed by atoms with E-state index in [1.165, 1.54) is 12.0 Å². The van der Waals surface area contributed by atoms with Gasteiger partial charge in [-0.15, -0.1) is 0 Å². The van der Waals surface area contributed by atoms with Gasteiger partial charge in [0, 0.05) is 18.0 Å². The maximum atomic E-state index is 4.32. The van der Waals surface area contributed by atoms with Crippen LogP contribution in [0.15, 0.2) is 42.7 Å². The fourth-order valence-corrected chi connectivity index (χ4v) is 2.85. The summed E-state index contributed by atoms with van der Waals surface area (Å²) in [6.45, 7) is 13.9. The molecule has 2 heteroatoms. The van der Waals surface area contributed by atoms with E-state index in [0.29, 0.717) is 11.3 Å². The van der Waals surface area contributed by atoms with Gasteiger partial charge in [-0.2, -0.15) is 0 Å². The Morgan fingerprint density at radius 3 is 1.86 bits per heavy atom. The number of hydrogen-bond acceptors (Lipinski definition) is 2. The number of rotatable bonds is 3. The van der Waals surface area contributed by atoms with Gasteiger partial charge in [-0.25, -0.2) is 9.97 Å². The highest BCUT2D eigenvalue weighted by molar-refractivity contribution is 5.55. The molecular formula is C20H28N2. The Bertz CT molecular complexity index is 586. The molecule has 0 aliphatic heterocycles. The zero-order valence-electron chi connectivity index (χ0n) is 14.7. The van der Waals surface area contributed by atoms with Gasteiger partial charge in [0.25, 0.3) is 0 Å². The third kappa shape index (κ3) is 4.40. The second kappa shape index (κ2) is 6.20. The Hall–Kier alpha value is -1.70. The third-order valence-corrected chi connectivity index (χ3v) is 4.00. The summed E-state index contributed by atoms with van der Waals surface area (Å²) in [7, 11) is 0. The lowest BCUT2D eigenvalue weighted by atomic mass is 9.69. The van der Waals surface area contributed by atoms with Crippen molar-refractivity contribution in [2.75, 3.05) is 0 Å². The lowest BCUT2D eigenvalue weighted by molar-refractivity contribution is 0.229. The van der Waals surface area contributed by atoms with E-state index in [-0.39, 0.29) is 5.41 Å². The monoisotopic (exact) mass is 296 g/mol. The molecule has 1 atom stereocenters. The van der Waals surface area contributed by atoms with Crippen LogP contribution in [0.4, 0.5) is 0 Å². The molecule has 2 rings (SSSR count). The van der Waals surface area contributed by atoms with E-state index in [2.05, 4.69) is 75.8 Å². The van der Waals surface area contributed by atoms with Crippen LogP contribution >= 0.6 is 0 Å². The minimum absolute atomic E-state index is 0.248. The molecule has 1 heterocycles. The van der Waals surface area contributed by atoms with Crippen molar-refractivity contribution in [2.24, 2.45) is 10.8 Å². The van der Waals surface area contributed by atoms with Gasteiger partial charge in [-0.05, 0) is 34.8 Å². The summed E-state index contributed by atoms with van der Waals surface area (Å²) in [5, 5.41) is 0. The van der Waals surface area contributed by atoms with E-state index in [4.69, 9.17) is 0 Å². The maximum Gasteiger partial charge on any atom is 0.159 e. The lowest BCUT2D eigenvalue weighted by Gasteiger charge is -2.36. The summed E-state index contributed by atoms with van der Waals surface area (Å²) in [6.07, 6.45) is 4.75. The van der Waals surface area contributed by atoms with E-state index < -0.39 is 0 Å². The quantitative estimate of drug-likeness (QED) is 0.725. The fourth-order valence-electron chi connectivity index (χ4n) is 2.85. The largest absolute Gasteiger partial charge is 0.237 e. The summed E-state index contributed by atoms with van der Waals surface area (Å²) in [5.41, 5.74) is 3.05. The first-order valence-electron chi connectivity index (χ1n) is 8.04. The second-order valence-electron chi connectivity index (χ2n) is 8.38. The molecule has 0 saturated carbocycles. The maximum absolute atomic E-state index is 4.32. The molecular weight excluding hydrogens is 268 g/mol. The Morgan fingerprint density at radius 2 is 1.41 bits per heavy atom. The molecule has 0 spiro atoms. The third-order valence-electron chi connectivity index (χ3n) is 4.00. The molecule has 1 aromatic carbocycles. The number of hydrogen-bond donors (Lipinski definition) is 0. The summed E-state index contributed by atoms with van der Waals surface area (Å²) in [5.74, 6) is 1.33. The topological polar surface area (TPSA) is 25.8 Å². The van der Waals surface area contributed by atoms with Crippen molar-refractivity contribution < 1.29 is 0 Å². The van der Waals surface area contributed by atoms with Crippen molar-refractivity contribution in [1.82, 2.24) is 9.97 Å². The molecule has 0 saturated heterocycles. The average molecular weight is 296 g/mol. The molecule has 2 nitrogen and oxygen atoms in total. The molecule has 0 aliphatic rings. The van der Waals surface area contributed by atoms with Gasteiger partial charge in [-0.1, -0.05) is 65.8 Å². The molecule has 1 aromatic heterocycles. The summed E-state index contributed by atoms with van der Waals surface area (Å²) < 4.78 is 0. The van der Waals surface area contributed by atoms with Crippen LogP contribution in [0.2, 0.25) is 0 Å². The van der Waals surface area contributed by atoms with Crippen LogP contribution in [0.25, 0.3) is 11.4 Å². The molecule has 0 bridgehead atoms. The first-order valence-corrected chi connectivity index (χ1v) is 8.04. The first-order chi connectivity index (χ1) is 10.2. The highest BCUT2D eigenvalue weighted by Crippen LogP contribution is 2.43. The number of benzene rings is 1. The van der Waals surface area contributed by atoms with Gasteiger partial charge in [-0.3, -0.25) is 0 Å². The Labute approximate surface area is 135 Å². The van der Waals surface area contributed by atoms with E-state index in [1.54, 1.807) is 12.4 Å². The van der Waals surface area contributed by atoms with E-state index in [1.807, 2.05) is 6.07 Å². The van der Waals surface area contributed by atoms with Crippen LogP contribution in [0.3, 0.4) is 0 Å². The van der Waals surface area contributed by atoms with Gasteiger partial charge in [0.2, 0.25) is 0 Å². The first kappa shape index (κ1) is 16.7. The van der Waals surface area contributed by atoms with Crippen LogP contribution < -0.4 is 0 Å². The Kier molecular flexibility index (Phi) is 4.69. The van der Waals surface area contributed by atoms with Gasteiger partial charge < -0.3 is 0 Å². The van der Waals surface area contributed by atoms with Gasteiger partial charge in [0.15, 0.2) is 5.82 Å². The second-order valence-corrected chi connectivity index (χ2v) is 8.38. The van der Waals surface area contributed by atoms with Crippen LogP contribution in [-0.4, -0.2) is 9.97 Å². The highest BCUT2D eigenvalue weighted by Gasteiger charge is 2.30. The lowest BCUT2D eigenvalue weighted by Crippen LogP contribution is -2.23. The standard InChI is InChI=1S/C20H28N2/c1-19(2,3)14-17(20(4,5)6)15-8-10-16(11-9-15)18-21-12-7-13-22-18/h7-13,17H,14H2,1-6H3. The van der Waals surface area contributed by atoms with E-state index in [0.717, 1.165) is 11.4 Å². The molecule has 0 N–H and O–H groups in total. The van der Waals surface area contributed by atoms with Crippen LogP contribution in [-0.2, 0) is 0 Å². The van der Waals surface area contributed by atoms with Crippen molar-refractivity contribution in [3.05, 3.63) is 48.3 Å². The average Bonchev–Trinajstić information content (AvgIpc) is 2.44. The Balaban J connectivity index is 2.30. The predicted octanol–water partition coefficient (Wildman–Crippen LogP) is 5.71. The number of aromatic nitrogens is 2. The van der Waals surface area contributed by atoms with Gasteiger partial charge in [0.1, 0.15) is 0 Å². The Morgan fingerprint density at radius 1 is 0.864 bits per heavy atom. The van der Waals surface area contributed by atoms with E-state index in [9.17, 15) is 0 Å². The van der Waals surface area contributed by atoms with E-state index >= 15 is 0 Å². The van der Waals surface area contributed by atoms with Crippen molar-refractivity contribution in [1.29, 1.82) is 0 Å². The number of nitrogens with zero attached hydrogens (tertiary/aromatic N) is 2. The smallest absolute Gasteiger partial charge is 0.159 e. The van der Waals surface area contributed by atoms with Gasteiger partial charge >= 0.3 is 0 Å². The zero-order valence-corrected chi connectivity index (χ0v) is 14.7. The predicted molar refractivity (Wildman–Crippen MR) is 93.7 cm³/mol. The minimum Gasteiger partial charge on any atom is -0.237 e. The highest BCUT2D eigenvalue weighted by atomic mass is 14.8. The molecule has 0 amide bonds. The molecule has 1 unspecified atom stereocenters. The van der Waals surface area contributed by atoms with Crippen LogP contribution in [0.5, 0.6) is 0 Å². The summed E-state index contributed by atoms with van der Waals surface area (Å²) >= 11 is 0. The SMILES string of the molecule is CC(C)(C)CC(c1ccc(-c2ncccn2)cc1)C(C)(C)C. The molecule has 118 valence electrons. The van der Waals surface area contributed by atoms with Crippen LogP contribution in [0.1, 0.15) is 59.4 Å². The van der Waals surface area contributed by atoms with Crippen molar-refractivity contribution >= 4 is 0 Å². The fraction of sp³-hybridized carbons (Fsp3) is 0.500.